The second kappa shape index (κ2) is 8.27. The lowest BCUT2D eigenvalue weighted by Crippen LogP contribution is -2.42. The number of ether oxygens (including phenoxy) is 2. The number of para-hydroxylation sites is 2. The van der Waals surface area contributed by atoms with Gasteiger partial charge >= 0.3 is 6.09 Å². The molecule has 0 aromatic heterocycles. The van der Waals surface area contributed by atoms with Gasteiger partial charge in [0, 0.05) is 12.1 Å². The van der Waals surface area contributed by atoms with E-state index in [2.05, 4.69) is 16.7 Å². The Labute approximate surface area is 145 Å². The van der Waals surface area contributed by atoms with E-state index in [9.17, 15) is 4.79 Å². The molecule has 1 saturated carbocycles. The van der Waals surface area contributed by atoms with Gasteiger partial charge in [0.15, 0.2) is 0 Å². The Balaban J connectivity index is 1.80. The van der Waals surface area contributed by atoms with Gasteiger partial charge in [-0.05, 0) is 65.5 Å². The quantitative estimate of drug-likeness (QED) is 0.841. The number of carbonyl (C=O) groups is 1. The Morgan fingerprint density at radius 2 is 1.75 bits per heavy atom. The zero-order valence-electron chi connectivity index (χ0n) is 15.2. The highest BCUT2D eigenvalue weighted by molar-refractivity contribution is 5.68. The topological polar surface area (TPSA) is 59.6 Å². The van der Waals surface area contributed by atoms with Crippen LogP contribution in [0.25, 0.3) is 0 Å². The number of carbonyl (C=O) groups excluding carboxylic acids is 1. The summed E-state index contributed by atoms with van der Waals surface area (Å²) in [7, 11) is 0. The average molecular weight is 334 g/mol. The maximum Gasteiger partial charge on any atom is 0.407 e. The minimum Gasteiger partial charge on any atom is -0.492 e. The number of rotatable bonds is 5. The molecule has 1 aromatic rings. The Kier molecular flexibility index (Phi) is 6.35. The Hall–Kier alpha value is -1.91. The third-order valence-corrected chi connectivity index (χ3v) is 3.99. The number of amides is 1. The summed E-state index contributed by atoms with van der Waals surface area (Å²) < 4.78 is 11.0. The van der Waals surface area contributed by atoms with Crippen molar-refractivity contribution in [2.75, 3.05) is 11.9 Å². The van der Waals surface area contributed by atoms with Crippen molar-refractivity contribution in [1.82, 2.24) is 5.32 Å². The van der Waals surface area contributed by atoms with Crippen molar-refractivity contribution < 1.29 is 14.3 Å². The maximum absolute atomic E-state index is 11.9. The molecule has 0 radical (unpaired) electrons. The van der Waals surface area contributed by atoms with E-state index in [0.29, 0.717) is 12.6 Å². The molecule has 0 atom stereocenters. The predicted octanol–water partition coefficient (Wildman–Crippen LogP) is 4.33. The standard InChI is InChI=1S/C19H30N2O3/c1-5-23-17-9-7-6-8-16(17)20-14-10-12-15(13-11-14)21-18(22)24-19(2,3)4/h6-9,14-15,20H,5,10-13H2,1-4H3,(H,21,22). The molecule has 24 heavy (non-hydrogen) atoms. The van der Waals surface area contributed by atoms with Crippen LogP contribution in [0, 0.1) is 0 Å². The van der Waals surface area contributed by atoms with E-state index < -0.39 is 5.60 Å². The number of benzene rings is 1. The Bertz CT molecular complexity index is 532. The van der Waals surface area contributed by atoms with Gasteiger partial charge in [-0.1, -0.05) is 12.1 Å². The predicted molar refractivity (Wildman–Crippen MR) is 96.6 cm³/mol. The van der Waals surface area contributed by atoms with Crippen LogP contribution in [0.5, 0.6) is 5.75 Å². The lowest BCUT2D eigenvalue weighted by Gasteiger charge is -2.31. The van der Waals surface area contributed by atoms with Crippen molar-refractivity contribution in [2.24, 2.45) is 0 Å². The number of nitrogens with one attached hydrogen (secondary N) is 2. The van der Waals surface area contributed by atoms with Crippen molar-refractivity contribution in [3.8, 4) is 5.75 Å². The fourth-order valence-corrected chi connectivity index (χ4v) is 2.94. The van der Waals surface area contributed by atoms with Crippen LogP contribution < -0.4 is 15.4 Å². The second-order valence-corrected chi connectivity index (χ2v) is 7.27. The van der Waals surface area contributed by atoms with Gasteiger partial charge in [0.2, 0.25) is 0 Å². The molecule has 1 aliphatic carbocycles. The summed E-state index contributed by atoms with van der Waals surface area (Å²) in [6, 6.07) is 8.64. The van der Waals surface area contributed by atoms with Gasteiger partial charge in [-0.25, -0.2) is 4.79 Å². The van der Waals surface area contributed by atoms with Gasteiger partial charge in [0.05, 0.1) is 12.3 Å². The maximum atomic E-state index is 11.9. The van der Waals surface area contributed by atoms with Crippen molar-refractivity contribution in [3.05, 3.63) is 24.3 Å². The first-order valence-corrected chi connectivity index (χ1v) is 8.85. The summed E-state index contributed by atoms with van der Waals surface area (Å²) in [4.78, 5) is 11.9. The first-order chi connectivity index (χ1) is 11.4. The number of hydrogen-bond donors (Lipinski definition) is 2. The highest BCUT2D eigenvalue weighted by Gasteiger charge is 2.25. The minimum atomic E-state index is -0.453. The molecule has 5 nitrogen and oxygen atoms in total. The summed E-state index contributed by atoms with van der Waals surface area (Å²) in [5.41, 5.74) is 0.592. The van der Waals surface area contributed by atoms with Crippen LogP contribution in [0.1, 0.15) is 53.4 Å². The molecule has 5 heteroatoms. The van der Waals surface area contributed by atoms with Gasteiger partial charge in [0.1, 0.15) is 11.4 Å². The molecule has 0 unspecified atom stereocenters. The highest BCUT2D eigenvalue weighted by atomic mass is 16.6. The molecule has 0 bridgehead atoms. The summed E-state index contributed by atoms with van der Waals surface area (Å²) in [6.45, 7) is 8.28. The first kappa shape index (κ1) is 18.4. The average Bonchev–Trinajstić information content (AvgIpc) is 2.49. The molecule has 2 rings (SSSR count). The van der Waals surface area contributed by atoms with Crippen LogP contribution in [-0.2, 0) is 4.74 Å². The molecule has 0 spiro atoms. The summed E-state index contributed by atoms with van der Waals surface area (Å²) in [5.74, 6) is 0.897. The molecule has 1 aromatic carbocycles. The second-order valence-electron chi connectivity index (χ2n) is 7.27. The zero-order valence-corrected chi connectivity index (χ0v) is 15.2. The van der Waals surface area contributed by atoms with Gasteiger partial charge in [-0.3, -0.25) is 0 Å². The number of alkyl carbamates (subject to hydrolysis) is 1. The van der Waals surface area contributed by atoms with E-state index in [0.717, 1.165) is 37.1 Å². The van der Waals surface area contributed by atoms with Gasteiger partial charge in [-0.2, -0.15) is 0 Å². The monoisotopic (exact) mass is 334 g/mol. The van der Waals surface area contributed by atoms with Crippen molar-refractivity contribution in [3.63, 3.8) is 0 Å². The van der Waals surface area contributed by atoms with E-state index in [4.69, 9.17) is 9.47 Å². The van der Waals surface area contributed by atoms with E-state index in [1.807, 2.05) is 45.9 Å². The van der Waals surface area contributed by atoms with E-state index in [1.54, 1.807) is 0 Å². The van der Waals surface area contributed by atoms with Crippen LogP contribution in [0.3, 0.4) is 0 Å². The normalized spacial score (nSPS) is 21.0. The molecule has 1 aliphatic rings. The van der Waals surface area contributed by atoms with Crippen LogP contribution in [0.4, 0.5) is 10.5 Å². The highest BCUT2D eigenvalue weighted by Crippen LogP contribution is 2.28. The van der Waals surface area contributed by atoms with Gasteiger partial charge in [0.25, 0.3) is 0 Å². The van der Waals surface area contributed by atoms with E-state index in [-0.39, 0.29) is 12.1 Å². The molecule has 0 aliphatic heterocycles. The smallest absolute Gasteiger partial charge is 0.407 e. The molecular weight excluding hydrogens is 304 g/mol. The summed E-state index contributed by atoms with van der Waals surface area (Å²) in [5, 5.41) is 6.56. The van der Waals surface area contributed by atoms with Gasteiger partial charge in [-0.15, -0.1) is 0 Å². The Morgan fingerprint density at radius 3 is 2.38 bits per heavy atom. The largest absolute Gasteiger partial charge is 0.492 e. The fraction of sp³-hybridized carbons (Fsp3) is 0.632. The molecule has 1 amide bonds. The summed E-state index contributed by atoms with van der Waals surface area (Å²) in [6.07, 6.45) is 3.61. The number of anilines is 1. The van der Waals surface area contributed by atoms with Crippen LogP contribution in [0.2, 0.25) is 0 Å². The van der Waals surface area contributed by atoms with E-state index >= 15 is 0 Å². The van der Waals surface area contributed by atoms with Crippen molar-refractivity contribution >= 4 is 11.8 Å². The zero-order chi connectivity index (χ0) is 17.6. The Morgan fingerprint density at radius 1 is 1.12 bits per heavy atom. The fourth-order valence-electron chi connectivity index (χ4n) is 2.94. The molecule has 2 N–H and O–H groups in total. The molecule has 1 fully saturated rings. The third kappa shape index (κ3) is 5.95. The van der Waals surface area contributed by atoms with Crippen LogP contribution in [-0.4, -0.2) is 30.4 Å². The van der Waals surface area contributed by atoms with E-state index in [1.165, 1.54) is 0 Å². The van der Waals surface area contributed by atoms with Crippen LogP contribution in [0.15, 0.2) is 24.3 Å². The molecule has 0 heterocycles. The lowest BCUT2D eigenvalue weighted by atomic mass is 9.91. The SMILES string of the molecule is CCOc1ccccc1NC1CCC(NC(=O)OC(C)(C)C)CC1. The van der Waals surface area contributed by atoms with Gasteiger partial charge < -0.3 is 20.1 Å². The van der Waals surface area contributed by atoms with Crippen LogP contribution >= 0.6 is 0 Å². The number of hydrogen-bond acceptors (Lipinski definition) is 4. The third-order valence-electron chi connectivity index (χ3n) is 3.99. The minimum absolute atomic E-state index is 0.194. The van der Waals surface area contributed by atoms with Crippen molar-refractivity contribution in [1.29, 1.82) is 0 Å². The molecule has 134 valence electrons. The molecular formula is C19H30N2O3. The lowest BCUT2D eigenvalue weighted by molar-refractivity contribution is 0.0492. The van der Waals surface area contributed by atoms with Crippen molar-refractivity contribution in [2.45, 2.75) is 71.1 Å². The molecule has 0 saturated heterocycles. The first-order valence-electron chi connectivity index (χ1n) is 8.85. The summed E-state index contributed by atoms with van der Waals surface area (Å²) >= 11 is 0.